The summed E-state index contributed by atoms with van der Waals surface area (Å²) in [5.74, 6) is 0.790. The zero-order chi connectivity index (χ0) is 10.8. The van der Waals surface area contributed by atoms with Gasteiger partial charge in [0.2, 0.25) is 0 Å². The van der Waals surface area contributed by atoms with Crippen LogP contribution in [-0.2, 0) is 4.74 Å². The van der Waals surface area contributed by atoms with Crippen LogP contribution in [0.5, 0.6) is 0 Å². The minimum Gasteiger partial charge on any atom is -0.490 e. The highest BCUT2D eigenvalue weighted by atomic mass is 32.1. The van der Waals surface area contributed by atoms with Gasteiger partial charge < -0.3 is 4.74 Å². The summed E-state index contributed by atoms with van der Waals surface area (Å²) in [5.41, 5.74) is 1.03. The molecule has 78 valence electrons. The van der Waals surface area contributed by atoms with Gasteiger partial charge in [0.05, 0.1) is 4.87 Å². The highest BCUT2D eigenvalue weighted by Crippen LogP contribution is 2.23. The molecule has 0 spiro atoms. The summed E-state index contributed by atoms with van der Waals surface area (Å²) >= 11 is 4.47. The summed E-state index contributed by atoms with van der Waals surface area (Å²) in [4.78, 5) is -0.321. The van der Waals surface area contributed by atoms with Crippen molar-refractivity contribution in [3.63, 3.8) is 0 Å². The number of hydrogen-bond donors (Lipinski definition) is 2. The molecule has 14 heavy (non-hydrogen) atoms. The van der Waals surface area contributed by atoms with Crippen LogP contribution in [0.1, 0.15) is 13.8 Å². The fourth-order valence-electron chi connectivity index (χ4n) is 1.55. The standard InChI is InChI=1S/C11H17NOS/c1-5-9-8(3)12-11(4,14)7-13-10(9)6-2/h5-6,8,12,14H,1-2,7H2,3-4H3. The Morgan fingerprint density at radius 1 is 1.57 bits per heavy atom. The lowest BCUT2D eigenvalue weighted by molar-refractivity contribution is 0.192. The first kappa shape index (κ1) is 11.4. The van der Waals surface area contributed by atoms with Crippen LogP contribution in [0.3, 0.4) is 0 Å². The predicted molar refractivity (Wildman–Crippen MR) is 63.4 cm³/mol. The van der Waals surface area contributed by atoms with E-state index in [2.05, 4.69) is 38.0 Å². The Morgan fingerprint density at radius 2 is 2.21 bits per heavy atom. The summed E-state index contributed by atoms with van der Waals surface area (Å²) in [6.07, 6.45) is 3.51. The molecule has 1 rings (SSSR count). The van der Waals surface area contributed by atoms with Crippen molar-refractivity contribution < 1.29 is 4.74 Å². The van der Waals surface area contributed by atoms with Crippen LogP contribution in [0.2, 0.25) is 0 Å². The van der Waals surface area contributed by atoms with Gasteiger partial charge in [-0.3, -0.25) is 5.32 Å². The van der Waals surface area contributed by atoms with Crippen molar-refractivity contribution in [1.82, 2.24) is 5.32 Å². The third kappa shape index (κ3) is 2.42. The summed E-state index contributed by atoms with van der Waals surface area (Å²) in [7, 11) is 0. The van der Waals surface area contributed by atoms with Crippen LogP contribution in [0, 0.1) is 0 Å². The molecule has 1 N–H and O–H groups in total. The third-order valence-electron chi connectivity index (χ3n) is 2.19. The second-order valence-corrected chi connectivity index (χ2v) is 4.64. The second kappa shape index (κ2) is 4.24. The molecular formula is C11H17NOS. The molecule has 0 aromatic carbocycles. The van der Waals surface area contributed by atoms with Crippen LogP contribution in [-0.4, -0.2) is 17.5 Å². The van der Waals surface area contributed by atoms with Crippen molar-refractivity contribution in [1.29, 1.82) is 0 Å². The van der Waals surface area contributed by atoms with Gasteiger partial charge in [-0.05, 0) is 19.9 Å². The van der Waals surface area contributed by atoms with Gasteiger partial charge in [0.25, 0.3) is 0 Å². The molecular weight excluding hydrogens is 194 g/mol. The van der Waals surface area contributed by atoms with Crippen LogP contribution in [0.25, 0.3) is 0 Å². The monoisotopic (exact) mass is 211 g/mol. The number of nitrogens with one attached hydrogen (secondary N) is 1. The zero-order valence-corrected chi connectivity index (χ0v) is 9.60. The van der Waals surface area contributed by atoms with Crippen molar-refractivity contribution in [2.24, 2.45) is 0 Å². The Morgan fingerprint density at radius 3 is 2.71 bits per heavy atom. The third-order valence-corrected chi connectivity index (χ3v) is 2.45. The lowest BCUT2D eigenvalue weighted by Crippen LogP contribution is -2.44. The number of thiol groups is 1. The summed E-state index contributed by atoms with van der Waals surface area (Å²) in [5, 5.41) is 3.35. The molecule has 0 aromatic rings. The summed E-state index contributed by atoms with van der Waals surface area (Å²) < 4.78 is 5.59. The van der Waals surface area contributed by atoms with Gasteiger partial charge in [-0.15, -0.1) is 0 Å². The van der Waals surface area contributed by atoms with E-state index in [0.717, 1.165) is 11.3 Å². The molecule has 0 saturated heterocycles. The van der Waals surface area contributed by atoms with Crippen molar-refractivity contribution >= 4 is 12.6 Å². The normalized spacial score (nSPS) is 33.2. The van der Waals surface area contributed by atoms with E-state index in [4.69, 9.17) is 4.74 Å². The first-order valence-corrected chi connectivity index (χ1v) is 5.07. The first-order chi connectivity index (χ1) is 6.50. The number of ether oxygens (including phenoxy) is 1. The molecule has 1 aliphatic heterocycles. The molecule has 0 fully saturated rings. The Labute approximate surface area is 91.1 Å². The van der Waals surface area contributed by atoms with Crippen LogP contribution >= 0.6 is 12.6 Å². The highest BCUT2D eigenvalue weighted by molar-refractivity contribution is 7.81. The fourth-order valence-corrected chi connectivity index (χ4v) is 1.81. The van der Waals surface area contributed by atoms with Gasteiger partial charge in [-0.25, -0.2) is 0 Å². The molecule has 3 heteroatoms. The molecule has 0 saturated carbocycles. The fraction of sp³-hybridized carbons (Fsp3) is 0.455. The molecule has 0 aromatic heterocycles. The lowest BCUT2D eigenvalue weighted by atomic mass is 10.1. The van der Waals surface area contributed by atoms with Gasteiger partial charge >= 0.3 is 0 Å². The highest BCUT2D eigenvalue weighted by Gasteiger charge is 2.27. The average Bonchev–Trinajstić information content (AvgIpc) is 2.20. The Balaban J connectivity index is 3.00. The molecule has 0 amide bonds. The Hall–Kier alpha value is -0.670. The van der Waals surface area contributed by atoms with Crippen molar-refractivity contribution in [3.05, 3.63) is 36.6 Å². The average molecular weight is 211 g/mol. The molecule has 2 atom stereocenters. The molecule has 2 unspecified atom stereocenters. The predicted octanol–water partition coefficient (Wildman–Crippen LogP) is 2.27. The first-order valence-electron chi connectivity index (χ1n) is 4.62. The van der Waals surface area contributed by atoms with E-state index in [1.807, 2.05) is 6.92 Å². The quantitative estimate of drug-likeness (QED) is 0.684. The van der Waals surface area contributed by atoms with Crippen molar-refractivity contribution in [3.8, 4) is 0 Å². The van der Waals surface area contributed by atoms with Gasteiger partial charge in [0.1, 0.15) is 12.4 Å². The van der Waals surface area contributed by atoms with Gasteiger partial charge in [-0.2, -0.15) is 12.6 Å². The number of allylic oxidation sites excluding steroid dienone is 1. The SMILES string of the molecule is C=CC1=C(C=C)C(C)NC(C)(S)CO1. The van der Waals surface area contributed by atoms with E-state index in [1.165, 1.54) is 0 Å². The molecule has 0 bridgehead atoms. The van der Waals surface area contributed by atoms with Crippen LogP contribution < -0.4 is 5.32 Å². The molecule has 0 aliphatic carbocycles. The zero-order valence-electron chi connectivity index (χ0n) is 8.71. The van der Waals surface area contributed by atoms with Gasteiger partial charge in [0.15, 0.2) is 0 Å². The van der Waals surface area contributed by atoms with Gasteiger partial charge in [-0.1, -0.05) is 19.2 Å². The van der Waals surface area contributed by atoms with E-state index < -0.39 is 0 Å². The second-order valence-electron chi connectivity index (χ2n) is 3.66. The van der Waals surface area contributed by atoms with E-state index in [0.29, 0.717) is 6.61 Å². The van der Waals surface area contributed by atoms with Gasteiger partial charge in [0, 0.05) is 11.6 Å². The van der Waals surface area contributed by atoms with E-state index >= 15 is 0 Å². The summed E-state index contributed by atoms with van der Waals surface area (Å²) in [6.45, 7) is 12.1. The van der Waals surface area contributed by atoms with E-state index in [1.54, 1.807) is 12.2 Å². The Bertz CT molecular complexity index is 281. The number of hydrogen-bond acceptors (Lipinski definition) is 3. The largest absolute Gasteiger partial charge is 0.490 e. The topological polar surface area (TPSA) is 21.3 Å². The van der Waals surface area contributed by atoms with E-state index in [9.17, 15) is 0 Å². The van der Waals surface area contributed by atoms with Crippen molar-refractivity contribution in [2.45, 2.75) is 24.8 Å². The molecule has 0 radical (unpaired) electrons. The maximum atomic E-state index is 5.59. The smallest absolute Gasteiger partial charge is 0.123 e. The molecule has 1 heterocycles. The van der Waals surface area contributed by atoms with Crippen LogP contribution in [0.15, 0.2) is 36.6 Å². The van der Waals surface area contributed by atoms with E-state index in [-0.39, 0.29) is 10.9 Å². The maximum absolute atomic E-state index is 5.59. The molecule has 2 nitrogen and oxygen atoms in total. The minimum atomic E-state index is -0.321. The van der Waals surface area contributed by atoms with Crippen LogP contribution in [0.4, 0.5) is 0 Å². The summed E-state index contributed by atoms with van der Waals surface area (Å²) in [6, 6.07) is 0.172. The Kier molecular flexibility index (Phi) is 3.45. The lowest BCUT2D eigenvalue weighted by Gasteiger charge is -2.25. The maximum Gasteiger partial charge on any atom is 0.123 e. The minimum absolute atomic E-state index is 0.172. The molecule has 1 aliphatic rings. The number of rotatable bonds is 2. The van der Waals surface area contributed by atoms with Crippen molar-refractivity contribution in [2.75, 3.05) is 6.61 Å².